The van der Waals surface area contributed by atoms with Crippen molar-refractivity contribution in [3.63, 3.8) is 0 Å². The Morgan fingerprint density at radius 2 is 1.61 bits per heavy atom. The lowest BCUT2D eigenvalue weighted by atomic mass is 10.1. The minimum atomic E-state index is -0.793. The van der Waals surface area contributed by atoms with Crippen LogP contribution < -0.4 is 4.90 Å². The molecule has 0 spiro atoms. The average Bonchev–Trinajstić information content (AvgIpc) is 3.22. The third kappa shape index (κ3) is 6.62. The zero-order chi connectivity index (χ0) is 19.8. The Balaban J connectivity index is 1.74. The second kappa shape index (κ2) is 10.1. The number of ether oxygens (including phenoxy) is 1. The third-order valence-electron chi connectivity index (χ3n) is 5.19. The Labute approximate surface area is 169 Å². The van der Waals surface area contributed by atoms with Gasteiger partial charge in [-0.05, 0) is 57.5 Å². The number of rotatable bonds is 10. The normalized spacial score (nSPS) is 16.2. The van der Waals surface area contributed by atoms with Gasteiger partial charge in [0.15, 0.2) is 0 Å². The number of para-hydroxylation sites is 1. The van der Waals surface area contributed by atoms with Gasteiger partial charge in [-0.15, -0.1) is 0 Å². The van der Waals surface area contributed by atoms with Crippen molar-refractivity contribution in [1.29, 1.82) is 0 Å². The molecule has 1 fully saturated rings. The first-order valence-electron chi connectivity index (χ1n) is 10.4. The molecule has 0 radical (unpaired) electrons. The third-order valence-corrected chi connectivity index (χ3v) is 5.19. The van der Waals surface area contributed by atoms with Gasteiger partial charge in [0, 0.05) is 18.8 Å². The predicted molar refractivity (Wildman–Crippen MR) is 116 cm³/mol. The first kappa shape index (κ1) is 20.8. The van der Waals surface area contributed by atoms with Crippen LogP contribution >= 0.6 is 0 Å². The minimum Gasteiger partial charge on any atom is -0.388 e. The van der Waals surface area contributed by atoms with Crippen LogP contribution in [0.15, 0.2) is 60.7 Å². The van der Waals surface area contributed by atoms with Crippen LogP contribution in [0.5, 0.6) is 0 Å². The fourth-order valence-electron chi connectivity index (χ4n) is 3.78. The quantitative estimate of drug-likeness (QED) is 0.675. The fraction of sp³-hybridized carbons (Fsp3) is 0.500. The summed E-state index contributed by atoms with van der Waals surface area (Å²) in [5.41, 5.74) is 1.75. The van der Waals surface area contributed by atoms with Crippen LogP contribution in [-0.2, 0) is 11.3 Å². The van der Waals surface area contributed by atoms with E-state index in [1.807, 2.05) is 0 Å². The van der Waals surface area contributed by atoms with Gasteiger partial charge in [0.25, 0.3) is 0 Å². The largest absolute Gasteiger partial charge is 0.388 e. The van der Waals surface area contributed by atoms with Gasteiger partial charge in [-0.1, -0.05) is 48.5 Å². The summed E-state index contributed by atoms with van der Waals surface area (Å²) in [5, 5.41) is 10.0. The Hall–Kier alpha value is -1.88. The molecule has 1 heterocycles. The highest BCUT2D eigenvalue weighted by molar-refractivity contribution is 5.47. The first-order valence-corrected chi connectivity index (χ1v) is 10.4. The molecule has 4 nitrogen and oxygen atoms in total. The summed E-state index contributed by atoms with van der Waals surface area (Å²) in [6.07, 6.45) is 2.51. The number of anilines is 1. The molecule has 1 aliphatic heterocycles. The molecule has 0 saturated carbocycles. The number of hydrogen-bond acceptors (Lipinski definition) is 4. The summed E-state index contributed by atoms with van der Waals surface area (Å²) in [5.74, 6) is 0. The van der Waals surface area contributed by atoms with Gasteiger partial charge in [0.1, 0.15) is 0 Å². The number of likely N-dealkylation sites (tertiary alicyclic amines) is 1. The molecular formula is C24H34N2O2. The van der Waals surface area contributed by atoms with Gasteiger partial charge in [0.2, 0.25) is 0 Å². The maximum atomic E-state index is 10.0. The highest BCUT2D eigenvalue weighted by Crippen LogP contribution is 2.21. The van der Waals surface area contributed by atoms with E-state index in [1.165, 1.54) is 24.1 Å². The van der Waals surface area contributed by atoms with Gasteiger partial charge in [-0.25, -0.2) is 0 Å². The van der Waals surface area contributed by atoms with Crippen LogP contribution in [-0.4, -0.2) is 54.5 Å². The zero-order valence-corrected chi connectivity index (χ0v) is 17.3. The molecule has 152 valence electrons. The molecule has 1 N–H and O–H groups in total. The van der Waals surface area contributed by atoms with Crippen molar-refractivity contribution in [3.8, 4) is 0 Å². The molecule has 1 saturated heterocycles. The molecule has 0 bridgehead atoms. The summed E-state index contributed by atoms with van der Waals surface area (Å²) >= 11 is 0. The fourth-order valence-corrected chi connectivity index (χ4v) is 3.78. The van der Waals surface area contributed by atoms with Gasteiger partial charge >= 0.3 is 0 Å². The molecule has 4 heteroatoms. The smallest absolute Gasteiger partial charge is 0.0824 e. The van der Waals surface area contributed by atoms with Crippen molar-refractivity contribution in [2.75, 3.05) is 37.7 Å². The van der Waals surface area contributed by atoms with E-state index in [0.717, 1.165) is 26.2 Å². The Morgan fingerprint density at radius 1 is 1.00 bits per heavy atom. The molecule has 2 aromatic rings. The zero-order valence-electron chi connectivity index (χ0n) is 17.3. The van der Waals surface area contributed by atoms with Crippen molar-refractivity contribution in [1.82, 2.24) is 4.90 Å². The van der Waals surface area contributed by atoms with E-state index >= 15 is 0 Å². The number of benzene rings is 2. The average molecular weight is 383 g/mol. The minimum absolute atomic E-state index is 0.314. The van der Waals surface area contributed by atoms with Crippen molar-refractivity contribution in [3.05, 3.63) is 66.2 Å². The monoisotopic (exact) mass is 382 g/mol. The topological polar surface area (TPSA) is 35.9 Å². The molecule has 0 aromatic heterocycles. The van der Waals surface area contributed by atoms with Crippen LogP contribution in [0.25, 0.3) is 0 Å². The Kier molecular flexibility index (Phi) is 7.49. The Bertz CT molecular complexity index is 679. The van der Waals surface area contributed by atoms with Crippen LogP contribution in [0.4, 0.5) is 5.69 Å². The van der Waals surface area contributed by atoms with E-state index in [0.29, 0.717) is 19.3 Å². The van der Waals surface area contributed by atoms with E-state index in [4.69, 9.17) is 4.74 Å². The van der Waals surface area contributed by atoms with E-state index in [-0.39, 0.29) is 0 Å². The van der Waals surface area contributed by atoms with E-state index < -0.39 is 5.60 Å². The highest BCUT2D eigenvalue weighted by Gasteiger charge is 2.25. The first-order chi connectivity index (χ1) is 13.5. The Morgan fingerprint density at radius 3 is 2.21 bits per heavy atom. The summed E-state index contributed by atoms with van der Waals surface area (Å²) in [4.78, 5) is 5.00. The van der Waals surface area contributed by atoms with Gasteiger partial charge in [0.05, 0.1) is 24.9 Å². The molecule has 28 heavy (non-hydrogen) atoms. The highest BCUT2D eigenvalue weighted by atomic mass is 16.5. The lowest BCUT2D eigenvalue weighted by Gasteiger charge is -2.35. The van der Waals surface area contributed by atoms with Crippen LogP contribution in [0.2, 0.25) is 0 Å². The van der Waals surface area contributed by atoms with E-state index in [9.17, 15) is 5.11 Å². The van der Waals surface area contributed by atoms with E-state index in [2.05, 4.69) is 70.5 Å². The predicted octanol–water partition coefficient (Wildman–Crippen LogP) is 3.95. The SMILES string of the molecule is CC(C)(O)COCC(CN(Cc1ccccc1)c1ccccc1)N1CCCC1. The number of aliphatic hydroxyl groups is 1. The lowest BCUT2D eigenvalue weighted by Crippen LogP contribution is -2.46. The van der Waals surface area contributed by atoms with Gasteiger partial charge in [-0.3, -0.25) is 4.90 Å². The van der Waals surface area contributed by atoms with E-state index in [1.54, 1.807) is 13.8 Å². The second-order valence-corrected chi connectivity index (χ2v) is 8.43. The second-order valence-electron chi connectivity index (χ2n) is 8.43. The van der Waals surface area contributed by atoms with Crippen molar-refractivity contribution in [2.45, 2.75) is 44.9 Å². The van der Waals surface area contributed by atoms with Crippen molar-refractivity contribution < 1.29 is 9.84 Å². The molecular weight excluding hydrogens is 348 g/mol. The maximum absolute atomic E-state index is 10.0. The van der Waals surface area contributed by atoms with Crippen LogP contribution in [0, 0.1) is 0 Å². The van der Waals surface area contributed by atoms with Gasteiger partial charge < -0.3 is 14.7 Å². The van der Waals surface area contributed by atoms with Gasteiger partial charge in [-0.2, -0.15) is 0 Å². The van der Waals surface area contributed by atoms with Crippen LogP contribution in [0.3, 0.4) is 0 Å². The molecule has 1 unspecified atom stereocenters. The molecule has 0 amide bonds. The molecule has 1 aliphatic rings. The van der Waals surface area contributed by atoms with Crippen LogP contribution in [0.1, 0.15) is 32.3 Å². The molecule has 3 rings (SSSR count). The molecule has 0 aliphatic carbocycles. The number of nitrogens with zero attached hydrogens (tertiary/aromatic N) is 2. The molecule has 2 aromatic carbocycles. The summed E-state index contributed by atoms with van der Waals surface area (Å²) in [6, 6.07) is 21.6. The number of hydrogen-bond donors (Lipinski definition) is 1. The maximum Gasteiger partial charge on any atom is 0.0824 e. The molecule has 1 atom stereocenters. The van der Waals surface area contributed by atoms with Crippen molar-refractivity contribution >= 4 is 5.69 Å². The standard InChI is InChI=1S/C24H34N2O2/c1-24(2,27)20-28-19-23(25-15-9-10-16-25)18-26(22-13-7-4-8-14-22)17-21-11-5-3-6-12-21/h3-8,11-14,23,27H,9-10,15-20H2,1-2H3. The summed E-state index contributed by atoms with van der Waals surface area (Å²) in [6.45, 7) is 8.64. The van der Waals surface area contributed by atoms with Crippen molar-refractivity contribution in [2.24, 2.45) is 0 Å². The lowest BCUT2D eigenvalue weighted by molar-refractivity contribution is -0.0349. The summed E-state index contributed by atoms with van der Waals surface area (Å²) < 4.78 is 5.94. The summed E-state index contributed by atoms with van der Waals surface area (Å²) in [7, 11) is 0.